The molecule has 1 aliphatic rings. The Morgan fingerprint density at radius 1 is 0.576 bits per heavy atom. The fraction of sp³-hybridized carbons (Fsp3) is 0.820. The van der Waals surface area contributed by atoms with Gasteiger partial charge in [-0.1, -0.05) is 94.4 Å². The molecule has 4 unspecified atom stereocenters. The Morgan fingerprint density at radius 3 is 1.72 bits per heavy atom. The van der Waals surface area contributed by atoms with Gasteiger partial charge in [0.05, 0.1) is 12.7 Å². The minimum absolute atomic E-state index is 0.00317. The summed E-state index contributed by atoms with van der Waals surface area (Å²) in [4.78, 5) is 151. The summed E-state index contributed by atoms with van der Waals surface area (Å²) in [6.07, 6.45) is 6.47. The molecule has 488 valence electrons. The second kappa shape index (κ2) is 40.6. The van der Waals surface area contributed by atoms with Crippen LogP contribution in [-0.2, 0) is 52.7 Å². The molecule has 12 N–H and O–H groups in total. The van der Waals surface area contributed by atoms with Crippen molar-refractivity contribution < 1.29 is 63.0 Å². The number of nitrogens with one attached hydrogen (secondary N) is 10. The third kappa shape index (κ3) is 30.9. The Morgan fingerprint density at radius 2 is 1.13 bits per heavy atom. The summed E-state index contributed by atoms with van der Waals surface area (Å²) >= 11 is 0. The molecule has 0 aromatic heterocycles. The van der Waals surface area contributed by atoms with Crippen LogP contribution in [0.25, 0.3) is 0 Å². The van der Waals surface area contributed by atoms with Gasteiger partial charge in [-0.05, 0) is 110 Å². The Labute approximate surface area is 506 Å². The number of Topliss-reactive ketones (excluding diaryl/α,β-unsaturated/α-hetero) is 1. The van der Waals surface area contributed by atoms with Crippen molar-refractivity contribution in [2.24, 2.45) is 23.7 Å². The predicted octanol–water partition coefficient (Wildman–Crippen LogP) is 2.45. The number of aliphatic hydroxyl groups excluding tert-OH is 2. The van der Waals surface area contributed by atoms with Crippen LogP contribution in [0.15, 0.2) is 0 Å². The molecule has 0 bridgehead atoms. The number of ketones is 1. The summed E-state index contributed by atoms with van der Waals surface area (Å²) in [5.74, 6) is -6.48. The average molecular weight is 1210 g/mol. The number of aliphatic hydroxyl groups is 2. The fourth-order valence-electron chi connectivity index (χ4n) is 10.1. The quantitative estimate of drug-likeness (QED) is 0.0391. The van der Waals surface area contributed by atoms with E-state index in [0.717, 1.165) is 32.1 Å². The highest BCUT2D eigenvalue weighted by molar-refractivity contribution is 5.99. The highest BCUT2D eigenvalue weighted by Gasteiger charge is 2.39. The standard InChI is InChI=1S/C61H111N11O13/c1-15-18-19-20-23-39(8)33-48(57(82)68-47(31-38(6)7)58(83)71-61(13,14)60(85)70-46(30-37(4)5)55(80)63-26-25-51(76)64-41(10)36-62-27-29-73)67-54(79)43(12)65-53(78)42(11)66-56(81)49(34-40(9)32-45(75)35-44(74)17-3)69-59(84)50-24-21-28-72(50)52(77)22-16-2/h37-43,45-50,62,73,75H,15-36H2,1-14H3,(H,63,80)(H,64,76)(H,65,78)(H,66,81)(H,67,79)(H,68,82)(H,69,84)(H,70,85)(H,71,83)/t39?,40?,41?,42-,43-,45?,46-,47-,48-,49-,50-/m0/s1. The Kier molecular flexibility index (Phi) is 36.9. The maximum atomic E-state index is 14.4. The summed E-state index contributed by atoms with van der Waals surface area (Å²) in [7, 11) is 0. The Bertz CT molecular complexity index is 2140. The minimum atomic E-state index is -1.60. The van der Waals surface area contributed by atoms with Crippen molar-refractivity contribution in [3.8, 4) is 0 Å². The van der Waals surface area contributed by atoms with E-state index in [9.17, 15) is 57.8 Å². The molecule has 85 heavy (non-hydrogen) atoms. The van der Waals surface area contributed by atoms with E-state index in [4.69, 9.17) is 5.11 Å². The zero-order valence-electron chi connectivity index (χ0n) is 53.9. The van der Waals surface area contributed by atoms with Crippen molar-refractivity contribution >= 4 is 64.9 Å². The highest BCUT2D eigenvalue weighted by Crippen LogP contribution is 2.22. The van der Waals surface area contributed by atoms with Crippen molar-refractivity contribution in [1.29, 1.82) is 0 Å². The number of nitrogens with zero attached hydrogens (tertiary/aromatic N) is 1. The summed E-state index contributed by atoms with van der Waals surface area (Å²) in [6.45, 7) is 25.6. The Hall–Kier alpha value is -5.75. The topological polar surface area (TPSA) is 352 Å². The van der Waals surface area contributed by atoms with E-state index in [1.807, 2.05) is 41.5 Å². The molecule has 0 radical (unpaired) electrons. The van der Waals surface area contributed by atoms with Gasteiger partial charge in [0.1, 0.15) is 53.6 Å². The normalized spacial score (nSPS) is 16.9. The van der Waals surface area contributed by atoms with Crippen LogP contribution >= 0.6 is 0 Å². The molecular formula is C61H111N11O13. The van der Waals surface area contributed by atoms with Crippen LogP contribution in [0.1, 0.15) is 206 Å². The van der Waals surface area contributed by atoms with Gasteiger partial charge in [-0.2, -0.15) is 0 Å². The highest BCUT2D eigenvalue weighted by atomic mass is 16.3. The van der Waals surface area contributed by atoms with Gasteiger partial charge in [-0.3, -0.25) is 52.7 Å². The molecule has 11 atom stereocenters. The SMILES string of the molecule is CCCCCCC(C)C[C@H](NC(=O)[C@H](C)NC(=O)[C@H](C)NC(=O)[C@H](CC(C)CC(O)CC(=O)CC)NC(=O)[C@@H]1CCCN1C(=O)CCC)C(=O)N[C@@H](CC(C)C)C(=O)NC(C)(C)C(=O)N[C@@H](CC(C)C)C(=O)NCCC(=O)NC(C)CNCCO. The summed E-state index contributed by atoms with van der Waals surface area (Å²) in [5.41, 5.74) is -1.60. The van der Waals surface area contributed by atoms with E-state index in [1.165, 1.54) is 32.6 Å². The van der Waals surface area contributed by atoms with Crippen LogP contribution in [0.4, 0.5) is 0 Å². The van der Waals surface area contributed by atoms with Gasteiger partial charge in [0.15, 0.2) is 0 Å². The van der Waals surface area contributed by atoms with Crippen molar-refractivity contribution in [3.05, 3.63) is 0 Å². The van der Waals surface area contributed by atoms with Crippen LogP contribution in [0, 0.1) is 23.7 Å². The number of hydrogen-bond acceptors (Lipinski definition) is 14. The molecule has 0 spiro atoms. The van der Waals surface area contributed by atoms with Crippen LogP contribution in [-0.4, -0.2) is 173 Å². The van der Waals surface area contributed by atoms with E-state index in [2.05, 4.69) is 60.1 Å². The lowest BCUT2D eigenvalue weighted by Crippen LogP contribution is -2.63. The van der Waals surface area contributed by atoms with E-state index < -0.39 is 101 Å². The summed E-state index contributed by atoms with van der Waals surface area (Å²) in [5, 5.41) is 47.3. The van der Waals surface area contributed by atoms with E-state index >= 15 is 0 Å². The molecule has 0 aromatic carbocycles. The number of likely N-dealkylation sites (tertiary alicyclic amines) is 1. The monoisotopic (exact) mass is 1210 g/mol. The maximum Gasteiger partial charge on any atom is 0.245 e. The van der Waals surface area contributed by atoms with Gasteiger partial charge in [-0.15, -0.1) is 0 Å². The second-order valence-corrected chi connectivity index (χ2v) is 25.0. The lowest BCUT2D eigenvalue weighted by molar-refractivity contribution is -0.140. The number of carbonyl (C=O) groups is 11. The first-order chi connectivity index (χ1) is 39.9. The average Bonchev–Trinajstić information content (AvgIpc) is 4.12. The molecule has 0 aromatic rings. The van der Waals surface area contributed by atoms with Gasteiger partial charge in [0.2, 0.25) is 59.1 Å². The first-order valence-electron chi connectivity index (χ1n) is 31.4. The molecular weight excluding hydrogens is 1090 g/mol. The lowest BCUT2D eigenvalue weighted by Gasteiger charge is -2.31. The van der Waals surface area contributed by atoms with Gasteiger partial charge in [0.25, 0.3) is 0 Å². The fourth-order valence-corrected chi connectivity index (χ4v) is 10.1. The second-order valence-electron chi connectivity index (χ2n) is 25.0. The molecule has 0 aliphatic carbocycles. The lowest BCUT2D eigenvalue weighted by atomic mass is 9.92. The molecule has 24 heteroatoms. The van der Waals surface area contributed by atoms with Crippen molar-refractivity contribution in [3.63, 3.8) is 0 Å². The van der Waals surface area contributed by atoms with Gasteiger partial charge in [0, 0.05) is 57.9 Å². The van der Waals surface area contributed by atoms with Gasteiger partial charge >= 0.3 is 0 Å². The summed E-state index contributed by atoms with van der Waals surface area (Å²) < 4.78 is 0. The number of hydrogen-bond donors (Lipinski definition) is 12. The maximum absolute atomic E-state index is 14.4. The largest absolute Gasteiger partial charge is 0.395 e. The number of rotatable bonds is 43. The molecule has 1 aliphatic heterocycles. The van der Waals surface area contributed by atoms with Crippen LogP contribution in [0.3, 0.4) is 0 Å². The predicted molar refractivity (Wildman–Crippen MR) is 326 cm³/mol. The number of carbonyl (C=O) groups excluding carboxylic acids is 11. The van der Waals surface area contributed by atoms with Crippen molar-refractivity contribution in [2.75, 3.05) is 32.8 Å². The third-order valence-corrected chi connectivity index (χ3v) is 14.9. The van der Waals surface area contributed by atoms with E-state index in [0.29, 0.717) is 38.9 Å². The molecule has 0 saturated carbocycles. The zero-order valence-corrected chi connectivity index (χ0v) is 53.9. The summed E-state index contributed by atoms with van der Waals surface area (Å²) in [6, 6.07) is -8.07. The van der Waals surface area contributed by atoms with Crippen LogP contribution in [0.5, 0.6) is 0 Å². The minimum Gasteiger partial charge on any atom is -0.395 e. The van der Waals surface area contributed by atoms with Crippen LogP contribution in [0.2, 0.25) is 0 Å². The van der Waals surface area contributed by atoms with Gasteiger partial charge < -0.3 is 68.3 Å². The van der Waals surface area contributed by atoms with E-state index in [1.54, 1.807) is 20.8 Å². The zero-order chi connectivity index (χ0) is 64.6. The third-order valence-electron chi connectivity index (χ3n) is 14.9. The van der Waals surface area contributed by atoms with E-state index in [-0.39, 0.29) is 118 Å². The molecule has 1 heterocycles. The first kappa shape index (κ1) is 77.3. The number of amides is 10. The smallest absolute Gasteiger partial charge is 0.245 e. The number of unbranched alkanes of at least 4 members (excludes halogenated alkanes) is 3. The van der Waals surface area contributed by atoms with Crippen LogP contribution < -0.4 is 53.2 Å². The molecule has 1 fully saturated rings. The molecule has 1 rings (SSSR count). The Balaban J connectivity index is 3.31. The van der Waals surface area contributed by atoms with Crippen molar-refractivity contribution in [1.82, 2.24) is 58.1 Å². The molecule has 10 amide bonds. The van der Waals surface area contributed by atoms with Gasteiger partial charge in [-0.25, -0.2) is 0 Å². The molecule has 24 nitrogen and oxygen atoms in total. The molecule has 1 saturated heterocycles. The first-order valence-corrected chi connectivity index (χ1v) is 31.4. The van der Waals surface area contributed by atoms with Crippen molar-refractivity contribution in [2.45, 2.75) is 266 Å².